The largest absolute Gasteiger partial charge is 0.481 e. The maximum atomic E-state index is 10.9. The SMILES string of the molecule is CC1(CC(=O)O)CCC(=O)CC1. The molecule has 1 fully saturated rings. The molecule has 0 aromatic carbocycles. The molecule has 1 rings (SSSR count). The van der Waals surface area contributed by atoms with Crippen LogP contribution in [0, 0.1) is 5.41 Å². The summed E-state index contributed by atoms with van der Waals surface area (Å²) in [7, 11) is 0. The van der Waals surface area contributed by atoms with E-state index in [9.17, 15) is 9.59 Å². The lowest BCUT2D eigenvalue weighted by Crippen LogP contribution is -2.27. The van der Waals surface area contributed by atoms with Crippen LogP contribution in [0.3, 0.4) is 0 Å². The van der Waals surface area contributed by atoms with E-state index in [-0.39, 0.29) is 17.6 Å². The second kappa shape index (κ2) is 3.25. The molecule has 0 spiro atoms. The molecule has 3 heteroatoms. The van der Waals surface area contributed by atoms with Crippen molar-refractivity contribution < 1.29 is 14.7 Å². The third-order valence-electron chi connectivity index (χ3n) is 2.59. The minimum absolute atomic E-state index is 0.139. The van der Waals surface area contributed by atoms with Gasteiger partial charge in [0.25, 0.3) is 0 Å². The maximum absolute atomic E-state index is 10.9. The van der Waals surface area contributed by atoms with Gasteiger partial charge in [0, 0.05) is 12.8 Å². The van der Waals surface area contributed by atoms with Crippen LogP contribution in [0.15, 0.2) is 0 Å². The molecule has 0 aliphatic heterocycles. The first-order chi connectivity index (χ1) is 5.52. The van der Waals surface area contributed by atoms with Crippen LogP contribution in [-0.2, 0) is 9.59 Å². The van der Waals surface area contributed by atoms with Crippen molar-refractivity contribution in [1.29, 1.82) is 0 Å². The zero-order chi connectivity index (χ0) is 9.19. The van der Waals surface area contributed by atoms with Gasteiger partial charge < -0.3 is 5.11 Å². The van der Waals surface area contributed by atoms with E-state index in [2.05, 4.69) is 0 Å². The van der Waals surface area contributed by atoms with Gasteiger partial charge >= 0.3 is 5.97 Å². The monoisotopic (exact) mass is 170 g/mol. The van der Waals surface area contributed by atoms with Crippen molar-refractivity contribution in [2.24, 2.45) is 5.41 Å². The lowest BCUT2D eigenvalue weighted by Gasteiger charge is -2.31. The van der Waals surface area contributed by atoms with Crippen molar-refractivity contribution in [2.45, 2.75) is 39.0 Å². The Bertz CT molecular complexity index is 198. The summed E-state index contributed by atoms with van der Waals surface area (Å²) in [4.78, 5) is 21.4. The average Bonchev–Trinajstić information content (AvgIpc) is 1.94. The number of aliphatic carboxylic acids is 1. The van der Waals surface area contributed by atoms with Crippen LogP contribution in [0.25, 0.3) is 0 Å². The van der Waals surface area contributed by atoms with Crippen LogP contribution < -0.4 is 0 Å². The molecule has 1 N–H and O–H groups in total. The van der Waals surface area contributed by atoms with E-state index >= 15 is 0 Å². The first-order valence-corrected chi connectivity index (χ1v) is 4.25. The molecule has 0 unspecified atom stereocenters. The Morgan fingerprint density at radius 1 is 1.50 bits per heavy atom. The minimum Gasteiger partial charge on any atom is -0.481 e. The Kier molecular flexibility index (Phi) is 2.50. The van der Waals surface area contributed by atoms with Gasteiger partial charge in [-0.05, 0) is 18.3 Å². The standard InChI is InChI=1S/C9H14O3/c1-9(6-8(11)12)4-2-7(10)3-5-9/h2-6H2,1H3,(H,11,12). The molecule has 12 heavy (non-hydrogen) atoms. The summed E-state index contributed by atoms with van der Waals surface area (Å²) >= 11 is 0. The van der Waals surface area contributed by atoms with Crippen LogP contribution >= 0.6 is 0 Å². The Morgan fingerprint density at radius 2 is 2.00 bits per heavy atom. The van der Waals surface area contributed by atoms with Gasteiger partial charge in [0.2, 0.25) is 0 Å². The summed E-state index contributed by atoms with van der Waals surface area (Å²) in [6.07, 6.45) is 2.78. The summed E-state index contributed by atoms with van der Waals surface area (Å²) < 4.78 is 0. The molecule has 0 aromatic heterocycles. The highest BCUT2D eigenvalue weighted by molar-refractivity contribution is 5.79. The van der Waals surface area contributed by atoms with Crippen LogP contribution in [0.1, 0.15) is 39.0 Å². The van der Waals surface area contributed by atoms with Gasteiger partial charge in [0.05, 0.1) is 6.42 Å². The number of rotatable bonds is 2. The van der Waals surface area contributed by atoms with Crippen LogP contribution in [-0.4, -0.2) is 16.9 Å². The number of carboxylic acids is 1. The molecular formula is C9H14O3. The summed E-state index contributed by atoms with van der Waals surface area (Å²) in [6, 6.07) is 0. The molecule has 0 heterocycles. The molecule has 3 nitrogen and oxygen atoms in total. The second-order valence-corrected chi connectivity index (χ2v) is 3.92. The number of carbonyl (C=O) groups is 2. The van der Waals surface area contributed by atoms with Crippen molar-refractivity contribution in [3.63, 3.8) is 0 Å². The fourth-order valence-corrected chi connectivity index (χ4v) is 1.67. The van der Waals surface area contributed by atoms with E-state index in [0.717, 1.165) is 12.8 Å². The molecule has 0 saturated heterocycles. The predicted octanol–water partition coefficient (Wildman–Crippen LogP) is 1.61. The van der Waals surface area contributed by atoms with Gasteiger partial charge in [-0.2, -0.15) is 0 Å². The lowest BCUT2D eigenvalue weighted by molar-refractivity contribution is -0.141. The highest BCUT2D eigenvalue weighted by Crippen LogP contribution is 2.37. The number of ketones is 1. The average molecular weight is 170 g/mol. The third kappa shape index (κ3) is 2.32. The van der Waals surface area contributed by atoms with E-state index in [1.54, 1.807) is 0 Å². The second-order valence-electron chi connectivity index (χ2n) is 3.92. The normalized spacial score (nSPS) is 22.2. The molecule has 0 atom stereocenters. The van der Waals surface area contributed by atoms with E-state index in [1.165, 1.54) is 0 Å². The zero-order valence-electron chi connectivity index (χ0n) is 7.30. The Morgan fingerprint density at radius 3 is 2.42 bits per heavy atom. The van der Waals surface area contributed by atoms with Crippen LogP contribution in [0.2, 0.25) is 0 Å². The number of hydrogen-bond acceptors (Lipinski definition) is 2. The zero-order valence-corrected chi connectivity index (χ0v) is 7.30. The summed E-state index contributed by atoms with van der Waals surface area (Å²) in [5.41, 5.74) is -0.139. The quantitative estimate of drug-likeness (QED) is 0.685. The molecule has 0 amide bonds. The first kappa shape index (κ1) is 9.23. The van der Waals surface area contributed by atoms with Crippen molar-refractivity contribution in [1.82, 2.24) is 0 Å². The molecule has 1 aliphatic carbocycles. The van der Waals surface area contributed by atoms with Crippen molar-refractivity contribution in [3.05, 3.63) is 0 Å². The lowest BCUT2D eigenvalue weighted by atomic mass is 9.73. The number of carboxylic acid groups (broad SMARTS) is 1. The van der Waals surface area contributed by atoms with Crippen molar-refractivity contribution in [3.8, 4) is 0 Å². The van der Waals surface area contributed by atoms with Gasteiger partial charge in [-0.1, -0.05) is 6.92 Å². The highest BCUT2D eigenvalue weighted by atomic mass is 16.4. The first-order valence-electron chi connectivity index (χ1n) is 4.25. The molecule has 0 bridgehead atoms. The van der Waals surface area contributed by atoms with Crippen LogP contribution in [0.5, 0.6) is 0 Å². The molecule has 68 valence electrons. The fraction of sp³-hybridized carbons (Fsp3) is 0.778. The van der Waals surface area contributed by atoms with Crippen molar-refractivity contribution in [2.75, 3.05) is 0 Å². The molecular weight excluding hydrogens is 156 g/mol. The summed E-state index contributed by atoms with van der Waals surface area (Å²) in [5.74, 6) is -0.482. The molecule has 1 aliphatic rings. The van der Waals surface area contributed by atoms with E-state index in [4.69, 9.17) is 5.11 Å². The Hall–Kier alpha value is -0.860. The number of Topliss-reactive ketones (excluding diaryl/α,β-unsaturated/α-hetero) is 1. The van der Waals surface area contributed by atoms with Gasteiger partial charge in [-0.3, -0.25) is 9.59 Å². The van der Waals surface area contributed by atoms with E-state index in [1.807, 2.05) is 6.92 Å². The molecule has 0 radical (unpaired) electrons. The maximum Gasteiger partial charge on any atom is 0.303 e. The fourth-order valence-electron chi connectivity index (χ4n) is 1.67. The van der Waals surface area contributed by atoms with E-state index in [0.29, 0.717) is 12.8 Å². The van der Waals surface area contributed by atoms with Crippen LogP contribution in [0.4, 0.5) is 0 Å². The van der Waals surface area contributed by atoms with E-state index < -0.39 is 5.97 Å². The predicted molar refractivity (Wildman–Crippen MR) is 43.8 cm³/mol. The van der Waals surface area contributed by atoms with Gasteiger partial charge in [-0.15, -0.1) is 0 Å². The summed E-state index contributed by atoms with van der Waals surface area (Å²) in [6.45, 7) is 1.95. The molecule has 0 aromatic rings. The van der Waals surface area contributed by atoms with Crippen molar-refractivity contribution >= 4 is 11.8 Å². The number of hydrogen-bond donors (Lipinski definition) is 1. The summed E-state index contributed by atoms with van der Waals surface area (Å²) in [5, 5.41) is 8.61. The minimum atomic E-state index is -0.758. The third-order valence-corrected chi connectivity index (χ3v) is 2.59. The Balaban J connectivity index is 2.49. The Labute approximate surface area is 71.8 Å². The number of carbonyl (C=O) groups excluding carboxylic acids is 1. The van der Waals surface area contributed by atoms with Gasteiger partial charge in [-0.25, -0.2) is 0 Å². The highest BCUT2D eigenvalue weighted by Gasteiger charge is 2.31. The topological polar surface area (TPSA) is 54.4 Å². The van der Waals surface area contributed by atoms with Gasteiger partial charge in [0.1, 0.15) is 5.78 Å². The molecule has 1 saturated carbocycles. The smallest absolute Gasteiger partial charge is 0.303 e. The van der Waals surface area contributed by atoms with Gasteiger partial charge in [0.15, 0.2) is 0 Å².